The van der Waals surface area contributed by atoms with Gasteiger partial charge in [0.1, 0.15) is 12.1 Å². The van der Waals surface area contributed by atoms with Gasteiger partial charge in [0.15, 0.2) is 5.16 Å². The standard InChI is InChI=1S/C21H22N6O3S2/c1-3-9-26(12-18-23-24-20(30-18)17-8-5-10-31-17)19(28)13-32-21-25-22-14-27(21)15-6-4-7-16(11-15)29-2/h4-8,10-11,14H,3,9,12-13H2,1-2H3. The molecule has 11 heteroatoms. The number of thiophene rings is 1. The Morgan fingerprint density at radius 1 is 1.25 bits per heavy atom. The van der Waals surface area contributed by atoms with Crippen LogP contribution >= 0.6 is 23.1 Å². The zero-order valence-corrected chi connectivity index (χ0v) is 19.3. The fourth-order valence-corrected chi connectivity index (χ4v) is 4.50. The molecule has 0 aliphatic carbocycles. The Kier molecular flexibility index (Phi) is 7.17. The van der Waals surface area contributed by atoms with Gasteiger partial charge < -0.3 is 14.1 Å². The third-order valence-electron chi connectivity index (χ3n) is 4.54. The summed E-state index contributed by atoms with van der Waals surface area (Å²) >= 11 is 2.86. The highest BCUT2D eigenvalue weighted by molar-refractivity contribution is 7.99. The molecule has 3 heterocycles. The summed E-state index contributed by atoms with van der Waals surface area (Å²) in [7, 11) is 1.62. The first kappa shape index (κ1) is 22.0. The smallest absolute Gasteiger partial charge is 0.257 e. The van der Waals surface area contributed by atoms with E-state index in [0.29, 0.717) is 23.5 Å². The van der Waals surface area contributed by atoms with Gasteiger partial charge in [0.25, 0.3) is 5.89 Å². The number of amides is 1. The molecule has 4 rings (SSSR count). The van der Waals surface area contributed by atoms with Gasteiger partial charge in [-0.05, 0) is 30.0 Å². The first-order valence-electron chi connectivity index (χ1n) is 9.99. The molecule has 0 unspecified atom stereocenters. The number of carbonyl (C=O) groups is 1. The van der Waals surface area contributed by atoms with Crippen LogP contribution in [-0.2, 0) is 11.3 Å². The number of carbonyl (C=O) groups excluding carboxylic acids is 1. The van der Waals surface area contributed by atoms with Gasteiger partial charge in [-0.2, -0.15) is 0 Å². The maximum atomic E-state index is 13.0. The number of rotatable bonds is 10. The molecule has 0 N–H and O–H groups in total. The van der Waals surface area contributed by atoms with E-state index in [4.69, 9.17) is 9.15 Å². The predicted octanol–water partition coefficient (Wildman–Crippen LogP) is 3.92. The van der Waals surface area contributed by atoms with E-state index in [0.717, 1.165) is 22.7 Å². The Balaban J connectivity index is 1.41. The second-order valence-corrected chi connectivity index (χ2v) is 8.66. The van der Waals surface area contributed by atoms with Crippen molar-refractivity contribution in [1.82, 2.24) is 29.9 Å². The molecule has 0 spiro atoms. The molecule has 32 heavy (non-hydrogen) atoms. The second-order valence-electron chi connectivity index (χ2n) is 6.77. The van der Waals surface area contributed by atoms with Crippen LogP contribution in [-0.4, -0.2) is 55.2 Å². The van der Waals surface area contributed by atoms with Crippen molar-refractivity contribution in [3.05, 3.63) is 54.0 Å². The van der Waals surface area contributed by atoms with Gasteiger partial charge in [-0.15, -0.1) is 31.7 Å². The van der Waals surface area contributed by atoms with Gasteiger partial charge in [0.05, 0.1) is 30.0 Å². The van der Waals surface area contributed by atoms with Crippen molar-refractivity contribution in [1.29, 1.82) is 0 Å². The second kappa shape index (κ2) is 10.4. The van der Waals surface area contributed by atoms with Crippen molar-refractivity contribution < 1.29 is 13.9 Å². The molecule has 0 aliphatic rings. The Labute approximate surface area is 193 Å². The largest absolute Gasteiger partial charge is 0.497 e. The summed E-state index contributed by atoms with van der Waals surface area (Å²) in [6.45, 7) is 2.89. The number of thioether (sulfide) groups is 1. The van der Waals surface area contributed by atoms with Crippen LogP contribution in [0.15, 0.2) is 57.7 Å². The maximum Gasteiger partial charge on any atom is 0.257 e. The Morgan fingerprint density at radius 2 is 2.16 bits per heavy atom. The third kappa shape index (κ3) is 5.17. The van der Waals surface area contributed by atoms with Crippen molar-refractivity contribution in [2.24, 2.45) is 0 Å². The topological polar surface area (TPSA) is 99.2 Å². The summed E-state index contributed by atoms with van der Waals surface area (Å²) in [5.41, 5.74) is 0.863. The number of aromatic nitrogens is 5. The summed E-state index contributed by atoms with van der Waals surface area (Å²) in [5.74, 6) is 1.81. The SMILES string of the molecule is CCCN(Cc1nnc(-c2cccs2)o1)C(=O)CSc1nncn1-c1cccc(OC)c1. The van der Waals surface area contributed by atoms with Crippen LogP contribution in [0.1, 0.15) is 19.2 Å². The lowest BCUT2D eigenvalue weighted by molar-refractivity contribution is -0.129. The zero-order chi connectivity index (χ0) is 22.3. The molecule has 0 radical (unpaired) electrons. The van der Waals surface area contributed by atoms with E-state index in [2.05, 4.69) is 20.4 Å². The molecule has 0 aliphatic heterocycles. The molecule has 3 aromatic heterocycles. The summed E-state index contributed by atoms with van der Waals surface area (Å²) in [5, 5.41) is 18.9. The predicted molar refractivity (Wildman–Crippen MR) is 122 cm³/mol. The highest BCUT2D eigenvalue weighted by Crippen LogP contribution is 2.25. The molecule has 0 saturated carbocycles. The minimum atomic E-state index is -0.0343. The number of methoxy groups -OCH3 is 1. The molecule has 0 atom stereocenters. The molecule has 166 valence electrons. The molecular weight excluding hydrogens is 448 g/mol. The molecule has 0 saturated heterocycles. The van der Waals surface area contributed by atoms with Gasteiger partial charge in [-0.3, -0.25) is 9.36 Å². The molecule has 0 fully saturated rings. The lowest BCUT2D eigenvalue weighted by Crippen LogP contribution is -2.32. The quantitative estimate of drug-likeness (QED) is 0.322. The lowest BCUT2D eigenvalue weighted by atomic mass is 10.3. The minimum absolute atomic E-state index is 0.0343. The maximum absolute atomic E-state index is 13.0. The number of benzene rings is 1. The average molecular weight is 471 g/mol. The lowest BCUT2D eigenvalue weighted by Gasteiger charge is -2.20. The van der Waals surface area contributed by atoms with Crippen molar-refractivity contribution in [3.63, 3.8) is 0 Å². The van der Waals surface area contributed by atoms with E-state index >= 15 is 0 Å². The molecule has 9 nitrogen and oxygen atoms in total. The van der Waals surface area contributed by atoms with Crippen LogP contribution in [0.5, 0.6) is 5.75 Å². The fourth-order valence-electron chi connectivity index (χ4n) is 3.02. The summed E-state index contributed by atoms with van der Waals surface area (Å²) in [6.07, 6.45) is 2.44. The Hall–Kier alpha value is -3.18. The van der Waals surface area contributed by atoms with Gasteiger partial charge >= 0.3 is 0 Å². The van der Waals surface area contributed by atoms with Crippen LogP contribution in [0.2, 0.25) is 0 Å². The third-order valence-corrected chi connectivity index (χ3v) is 6.33. The van der Waals surface area contributed by atoms with Crippen molar-refractivity contribution in [2.75, 3.05) is 19.4 Å². The van der Waals surface area contributed by atoms with E-state index in [-0.39, 0.29) is 18.2 Å². The molecule has 1 aromatic carbocycles. The highest BCUT2D eigenvalue weighted by atomic mass is 32.2. The van der Waals surface area contributed by atoms with Crippen molar-refractivity contribution >= 4 is 29.0 Å². The van der Waals surface area contributed by atoms with Crippen LogP contribution < -0.4 is 4.74 Å². The van der Waals surface area contributed by atoms with E-state index in [1.807, 2.05) is 53.3 Å². The van der Waals surface area contributed by atoms with E-state index < -0.39 is 0 Å². The molecule has 1 amide bonds. The van der Waals surface area contributed by atoms with Gasteiger partial charge in [0.2, 0.25) is 11.8 Å². The molecule has 0 bridgehead atoms. The normalized spacial score (nSPS) is 10.9. The van der Waals surface area contributed by atoms with Crippen LogP contribution in [0.25, 0.3) is 16.5 Å². The van der Waals surface area contributed by atoms with Crippen molar-refractivity contribution in [3.8, 4) is 22.2 Å². The van der Waals surface area contributed by atoms with Gasteiger partial charge in [-0.1, -0.05) is 30.8 Å². The van der Waals surface area contributed by atoms with Gasteiger partial charge in [0, 0.05) is 12.6 Å². The number of hydrogen-bond acceptors (Lipinski definition) is 9. The summed E-state index contributed by atoms with van der Waals surface area (Å²) in [6, 6.07) is 11.4. The van der Waals surface area contributed by atoms with E-state index in [1.54, 1.807) is 18.3 Å². The van der Waals surface area contributed by atoms with Crippen LogP contribution in [0.3, 0.4) is 0 Å². The molecule has 4 aromatic rings. The molecular formula is C21H22N6O3S2. The van der Waals surface area contributed by atoms with Crippen LogP contribution in [0.4, 0.5) is 0 Å². The average Bonchev–Trinajstić information content (AvgIpc) is 3.59. The highest BCUT2D eigenvalue weighted by Gasteiger charge is 2.19. The van der Waals surface area contributed by atoms with E-state index in [1.165, 1.54) is 23.1 Å². The minimum Gasteiger partial charge on any atom is -0.497 e. The monoisotopic (exact) mass is 470 g/mol. The summed E-state index contributed by atoms with van der Waals surface area (Å²) in [4.78, 5) is 15.6. The van der Waals surface area contributed by atoms with E-state index in [9.17, 15) is 4.79 Å². The van der Waals surface area contributed by atoms with Crippen molar-refractivity contribution in [2.45, 2.75) is 25.0 Å². The Bertz CT molecular complexity index is 1160. The number of ether oxygens (including phenoxy) is 1. The fraction of sp³-hybridized carbons (Fsp3) is 0.286. The first-order valence-corrected chi connectivity index (χ1v) is 11.9. The number of nitrogens with zero attached hydrogens (tertiary/aromatic N) is 6. The zero-order valence-electron chi connectivity index (χ0n) is 17.7. The Morgan fingerprint density at radius 3 is 2.94 bits per heavy atom. The number of hydrogen-bond donors (Lipinski definition) is 0. The first-order chi connectivity index (χ1) is 15.7. The van der Waals surface area contributed by atoms with Crippen LogP contribution in [0, 0.1) is 0 Å². The summed E-state index contributed by atoms with van der Waals surface area (Å²) < 4.78 is 12.9. The van der Waals surface area contributed by atoms with Gasteiger partial charge in [-0.25, -0.2) is 0 Å².